The molecule has 1 aliphatic rings. The lowest BCUT2D eigenvalue weighted by atomic mass is 9.95. The molecule has 1 aliphatic carbocycles. The van der Waals surface area contributed by atoms with E-state index in [-0.39, 0.29) is 29.5 Å². The van der Waals surface area contributed by atoms with Crippen molar-refractivity contribution in [3.63, 3.8) is 0 Å². The number of halogens is 1. The Hall–Kier alpha value is -1.80. The van der Waals surface area contributed by atoms with Gasteiger partial charge in [0.15, 0.2) is 0 Å². The number of ether oxygens (including phenoxy) is 2. The fraction of sp³-hybridized carbons (Fsp3) is 0.583. The second-order valence-electron chi connectivity index (χ2n) is 4.79. The first kappa shape index (κ1) is 14.2. The minimum absolute atomic E-state index is 0.0192. The van der Waals surface area contributed by atoms with Gasteiger partial charge in [0, 0.05) is 13.5 Å². The van der Waals surface area contributed by atoms with Gasteiger partial charge in [0.2, 0.25) is 5.28 Å². The van der Waals surface area contributed by atoms with Gasteiger partial charge in [0.1, 0.15) is 18.8 Å². The highest BCUT2D eigenvalue weighted by Crippen LogP contribution is 2.24. The van der Waals surface area contributed by atoms with E-state index < -0.39 is 0 Å². The molecule has 9 heteroatoms. The van der Waals surface area contributed by atoms with Gasteiger partial charge in [-0.3, -0.25) is 0 Å². The zero-order chi connectivity index (χ0) is 14.7. The quantitative estimate of drug-likeness (QED) is 0.844. The van der Waals surface area contributed by atoms with Gasteiger partial charge in [-0.05, 0) is 30.9 Å². The molecule has 2 aromatic rings. The largest absolute Gasteiger partial charge is 0.460 e. The maximum Gasteiger partial charge on any atom is 0.322 e. The van der Waals surface area contributed by atoms with Crippen LogP contribution in [0.3, 0.4) is 0 Å². The van der Waals surface area contributed by atoms with Crippen LogP contribution >= 0.6 is 11.6 Å². The van der Waals surface area contributed by atoms with Crippen molar-refractivity contribution in [2.75, 3.05) is 7.11 Å². The summed E-state index contributed by atoms with van der Waals surface area (Å²) in [7, 11) is 1.72. The summed E-state index contributed by atoms with van der Waals surface area (Å²) in [5.74, 6) is 0.279. The maximum absolute atomic E-state index is 5.91. The molecular weight excluding hydrogens is 296 g/mol. The van der Waals surface area contributed by atoms with E-state index in [4.69, 9.17) is 21.1 Å². The molecule has 2 aromatic heterocycles. The first-order valence-electron chi connectivity index (χ1n) is 6.70. The molecule has 0 amide bonds. The molecule has 2 unspecified atom stereocenters. The third kappa shape index (κ3) is 3.45. The Morgan fingerprint density at radius 1 is 1.24 bits per heavy atom. The second kappa shape index (κ2) is 6.31. The predicted octanol–water partition coefficient (Wildman–Crippen LogP) is 1.44. The van der Waals surface area contributed by atoms with Crippen LogP contribution in [0, 0.1) is 0 Å². The summed E-state index contributed by atoms with van der Waals surface area (Å²) in [6.07, 6.45) is 6.98. The van der Waals surface area contributed by atoms with Gasteiger partial charge in [-0.25, -0.2) is 4.98 Å². The van der Waals surface area contributed by atoms with Crippen LogP contribution < -0.4 is 4.74 Å². The van der Waals surface area contributed by atoms with E-state index >= 15 is 0 Å². The zero-order valence-corrected chi connectivity index (χ0v) is 12.3. The number of hydrogen-bond donors (Lipinski definition) is 0. The fourth-order valence-electron chi connectivity index (χ4n) is 2.36. The van der Waals surface area contributed by atoms with Crippen LogP contribution in [0.25, 0.3) is 5.95 Å². The standard InChI is InChI=1S/C12H15ClN6O2/c1-20-8-3-2-4-9(5-8)21-12-17-10(13)16-11(18-12)19-7-14-6-15-19/h6-9H,2-5H2,1H3. The molecule has 0 radical (unpaired) electrons. The Labute approximate surface area is 126 Å². The topological polar surface area (TPSA) is 87.8 Å². The molecule has 3 rings (SSSR count). The van der Waals surface area contributed by atoms with Gasteiger partial charge in [-0.2, -0.15) is 24.7 Å². The average Bonchev–Trinajstić information content (AvgIpc) is 3.01. The van der Waals surface area contributed by atoms with E-state index in [9.17, 15) is 0 Å². The van der Waals surface area contributed by atoms with Crippen molar-refractivity contribution in [3.05, 3.63) is 17.9 Å². The minimum atomic E-state index is 0.0192. The monoisotopic (exact) mass is 310 g/mol. The van der Waals surface area contributed by atoms with Crippen molar-refractivity contribution in [3.8, 4) is 12.0 Å². The minimum Gasteiger partial charge on any atom is -0.460 e. The van der Waals surface area contributed by atoms with Crippen molar-refractivity contribution in [1.82, 2.24) is 29.7 Å². The highest BCUT2D eigenvalue weighted by molar-refractivity contribution is 6.28. The van der Waals surface area contributed by atoms with Crippen molar-refractivity contribution >= 4 is 11.6 Å². The van der Waals surface area contributed by atoms with E-state index in [0.717, 1.165) is 25.7 Å². The molecule has 2 heterocycles. The van der Waals surface area contributed by atoms with Crippen LogP contribution in [0.4, 0.5) is 0 Å². The molecule has 8 nitrogen and oxygen atoms in total. The summed E-state index contributed by atoms with van der Waals surface area (Å²) in [4.78, 5) is 16.1. The molecule has 0 saturated heterocycles. The third-order valence-corrected chi connectivity index (χ3v) is 3.55. The normalized spacial score (nSPS) is 22.2. The van der Waals surface area contributed by atoms with E-state index in [1.165, 1.54) is 17.3 Å². The Bertz CT molecular complexity index is 593. The van der Waals surface area contributed by atoms with E-state index in [2.05, 4.69) is 25.0 Å². The Balaban J connectivity index is 1.76. The van der Waals surface area contributed by atoms with Crippen LogP contribution in [-0.4, -0.2) is 49.0 Å². The van der Waals surface area contributed by atoms with Crippen LogP contribution in [0.1, 0.15) is 25.7 Å². The summed E-state index contributed by atoms with van der Waals surface area (Å²) in [5.41, 5.74) is 0. The summed E-state index contributed by atoms with van der Waals surface area (Å²) in [5, 5.41) is 4.02. The summed E-state index contributed by atoms with van der Waals surface area (Å²) in [6, 6.07) is 0.197. The SMILES string of the molecule is COC1CCCC(Oc2nc(Cl)nc(-n3cncn3)n2)C1. The first-order valence-corrected chi connectivity index (χ1v) is 7.08. The lowest BCUT2D eigenvalue weighted by Crippen LogP contribution is -2.30. The number of nitrogens with zero attached hydrogens (tertiary/aromatic N) is 6. The Morgan fingerprint density at radius 3 is 2.86 bits per heavy atom. The summed E-state index contributed by atoms with van der Waals surface area (Å²) in [6.45, 7) is 0. The van der Waals surface area contributed by atoms with Crippen molar-refractivity contribution in [2.24, 2.45) is 0 Å². The summed E-state index contributed by atoms with van der Waals surface area (Å²) < 4.78 is 12.6. The molecule has 1 fully saturated rings. The van der Waals surface area contributed by atoms with Crippen LogP contribution in [0.2, 0.25) is 5.28 Å². The van der Waals surface area contributed by atoms with Gasteiger partial charge in [0.05, 0.1) is 6.10 Å². The van der Waals surface area contributed by atoms with Crippen molar-refractivity contribution < 1.29 is 9.47 Å². The molecule has 21 heavy (non-hydrogen) atoms. The molecule has 0 spiro atoms. The molecule has 0 N–H and O–H groups in total. The average molecular weight is 311 g/mol. The Morgan fingerprint density at radius 2 is 2.10 bits per heavy atom. The van der Waals surface area contributed by atoms with Crippen LogP contribution in [-0.2, 0) is 4.74 Å². The zero-order valence-electron chi connectivity index (χ0n) is 11.5. The maximum atomic E-state index is 5.91. The van der Waals surface area contributed by atoms with E-state index in [1.54, 1.807) is 7.11 Å². The predicted molar refractivity (Wildman–Crippen MR) is 73.4 cm³/mol. The number of aromatic nitrogens is 6. The van der Waals surface area contributed by atoms with Gasteiger partial charge in [-0.1, -0.05) is 0 Å². The highest BCUT2D eigenvalue weighted by atomic mass is 35.5. The number of rotatable bonds is 4. The van der Waals surface area contributed by atoms with Crippen molar-refractivity contribution in [1.29, 1.82) is 0 Å². The van der Waals surface area contributed by atoms with Gasteiger partial charge < -0.3 is 9.47 Å². The highest BCUT2D eigenvalue weighted by Gasteiger charge is 2.24. The molecule has 2 atom stereocenters. The molecular formula is C12H15ClN6O2. The van der Waals surface area contributed by atoms with Crippen LogP contribution in [0.15, 0.2) is 12.7 Å². The van der Waals surface area contributed by atoms with Gasteiger partial charge in [-0.15, -0.1) is 0 Å². The molecule has 112 valence electrons. The van der Waals surface area contributed by atoms with Gasteiger partial charge >= 0.3 is 6.01 Å². The molecule has 0 aliphatic heterocycles. The summed E-state index contributed by atoms with van der Waals surface area (Å²) >= 11 is 5.91. The van der Waals surface area contributed by atoms with E-state index in [0.29, 0.717) is 0 Å². The lowest BCUT2D eigenvalue weighted by Gasteiger charge is -2.27. The molecule has 0 aromatic carbocycles. The number of hydrogen-bond acceptors (Lipinski definition) is 7. The fourth-order valence-corrected chi connectivity index (χ4v) is 2.51. The van der Waals surface area contributed by atoms with E-state index in [1.807, 2.05) is 0 Å². The lowest BCUT2D eigenvalue weighted by molar-refractivity contribution is 0.0178. The van der Waals surface area contributed by atoms with Crippen molar-refractivity contribution in [2.45, 2.75) is 37.9 Å². The molecule has 0 bridgehead atoms. The van der Waals surface area contributed by atoms with Crippen LogP contribution in [0.5, 0.6) is 6.01 Å². The smallest absolute Gasteiger partial charge is 0.322 e. The first-order chi connectivity index (χ1) is 10.2. The second-order valence-corrected chi connectivity index (χ2v) is 5.13. The number of methoxy groups -OCH3 is 1. The third-order valence-electron chi connectivity index (χ3n) is 3.38. The molecule has 1 saturated carbocycles. The van der Waals surface area contributed by atoms with Gasteiger partial charge in [0.25, 0.3) is 5.95 Å². The Kier molecular flexibility index (Phi) is 4.26.